The molecule has 1 unspecified atom stereocenters. The van der Waals surface area contributed by atoms with Crippen LogP contribution in [0.4, 0.5) is 0 Å². The Kier molecular flexibility index (Phi) is 2.69. The Morgan fingerprint density at radius 3 is 2.92 bits per heavy atom. The third-order valence-corrected chi connectivity index (χ3v) is 1.33. The SMILES string of the molecule is CC(Oc1[c]cccc1)C(=O)O. The average molecular weight is 165 g/mol. The summed E-state index contributed by atoms with van der Waals surface area (Å²) >= 11 is 0. The highest BCUT2D eigenvalue weighted by Crippen LogP contribution is 2.09. The molecule has 63 valence electrons. The topological polar surface area (TPSA) is 46.5 Å². The first-order chi connectivity index (χ1) is 5.70. The van der Waals surface area contributed by atoms with Gasteiger partial charge in [0.1, 0.15) is 5.75 Å². The number of carboxylic acids is 1. The van der Waals surface area contributed by atoms with Crippen molar-refractivity contribution in [1.82, 2.24) is 0 Å². The zero-order valence-corrected chi connectivity index (χ0v) is 6.65. The monoisotopic (exact) mass is 165 g/mol. The zero-order chi connectivity index (χ0) is 8.97. The van der Waals surface area contributed by atoms with Gasteiger partial charge in [-0.25, -0.2) is 4.79 Å². The van der Waals surface area contributed by atoms with Crippen LogP contribution in [0.2, 0.25) is 0 Å². The fourth-order valence-corrected chi connectivity index (χ4v) is 0.691. The summed E-state index contributed by atoms with van der Waals surface area (Å²) in [6.07, 6.45) is -0.830. The minimum absolute atomic E-state index is 0.451. The van der Waals surface area contributed by atoms with Crippen LogP contribution >= 0.6 is 0 Å². The van der Waals surface area contributed by atoms with Gasteiger partial charge in [-0.05, 0) is 13.0 Å². The van der Waals surface area contributed by atoms with Crippen LogP contribution in [0.15, 0.2) is 24.3 Å². The summed E-state index contributed by atoms with van der Waals surface area (Å²) in [5.41, 5.74) is 0. The first-order valence-electron chi connectivity index (χ1n) is 3.56. The lowest BCUT2D eigenvalue weighted by Gasteiger charge is -2.08. The van der Waals surface area contributed by atoms with Gasteiger partial charge in [0, 0.05) is 6.07 Å². The highest BCUT2D eigenvalue weighted by molar-refractivity contribution is 5.72. The number of carboxylic acid groups (broad SMARTS) is 1. The number of hydrogen-bond donors (Lipinski definition) is 1. The van der Waals surface area contributed by atoms with E-state index >= 15 is 0 Å². The molecule has 1 aromatic rings. The summed E-state index contributed by atoms with van der Waals surface area (Å²) in [6.45, 7) is 1.48. The van der Waals surface area contributed by atoms with Crippen LogP contribution in [0.25, 0.3) is 0 Å². The molecule has 0 amide bonds. The fraction of sp³-hybridized carbons (Fsp3) is 0.222. The number of ether oxygens (including phenoxy) is 1. The van der Waals surface area contributed by atoms with Crippen molar-refractivity contribution in [3.05, 3.63) is 30.3 Å². The van der Waals surface area contributed by atoms with Gasteiger partial charge in [0.2, 0.25) is 0 Å². The van der Waals surface area contributed by atoms with Crippen molar-refractivity contribution in [2.45, 2.75) is 13.0 Å². The zero-order valence-electron chi connectivity index (χ0n) is 6.65. The summed E-state index contributed by atoms with van der Waals surface area (Å²) in [7, 11) is 0. The summed E-state index contributed by atoms with van der Waals surface area (Å²) in [6, 6.07) is 9.66. The molecule has 0 aliphatic heterocycles. The lowest BCUT2D eigenvalue weighted by atomic mass is 10.3. The van der Waals surface area contributed by atoms with E-state index in [-0.39, 0.29) is 0 Å². The van der Waals surface area contributed by atoms with Gasteiger partial charge in [0.05, 0.1) is 0 Å². The predicted octanol–water partition coefficient (Wildman–Crippen LogP) is 1.34. The van der Waals surface area contributed by atoms with Gasteiger partial charge in [0.25, 0.3) is 0 Å². The summed E-state index contributed by atoms with van der Waals surface area (Å²) in [5.74, 6) is -0.528. The number of benzene rings is 1. The van der Waals surface area contributed by atoms with Crippen molar-refractivity contribution in [3.8, 4) is 5.75 Å². The molecule has 0 aromatic heterocycles. The smallest absolute Gasteiger partial charge is 0.344 e. The molecule has 12 heavy (non-hydrogen) atoms. The fourth-order valence-electron chi connectivity index (χ4n) is 0.691. The molecule has 0 fully saturated rings. The van der Waals surface area contributed by atoms with Crippen LogP contribution in [-0.2, 0) is 4.79 Å². The van der Waals surface area contributed by atoms with Gasteiger partial charge in [-0.1, -0.05) is 18.2 Å². The van der Waals surface area contributed by atoms with E-state index in [1.165, 1.54) is 6.92 Å². The van der Waals surface area contributed by atoms with Crippen molar-refractivity contribution < 1.29 is 14.6 Å². The lowest BCUT2D eigenvalue weighted by Crippen LogP contribution is -2.22. The second kappa shape index (κ2) is 3.76. The lowest BCUT2D eigenvalue weighted by molar-refractivity contribution is -0.144. The molecule has 1 aromatic carbocycles. The molecule has 1 radical (unpaired) electrons. The molecule has 3 heteroatoms. The molecular weight excluding hydrogens is 156 g/mol. The molecule has 1 rings (SSSR count). The van der Waals surface area contributed by atoms with E-state index in [2.05, 4.69) is 6.07 Å². The Bertz CT molecular complexity index is 256. The Labute approximate surface area is 70.6 Å². The van der Waals surface area contributed by atoms with Crippen LogP contribution in [0, 0.1) is 6.07 Å². The van der Waals surface area contributed by atoms with E-state index in [0.29, 0.717) is 5.75 Å². The highest BCUT2D eigenvalue weighted by Gasteiger charge is 2.11. The molecule has 0 bridgehead atoms. The number of rotatable bonds is 3. The highest BCUT2D eigenvalue weighted by atomic mass is 16.5. The second-order valence-electron chi connectivity index (χ2n) is 2.33. The van der Waals surface area contributed by atoms with Crippen molar-refractivity contribution >= 4 is 5.97 Å². The first kappa shape index (κ1) is 8.59. The Morgan fingerprint density at radius 1 is 1.67 bits per heavy atom. The quantitative estimate of drug-likeness (QED) is 0.735. The third-order valence-electron chi connectivity index (χ3n) is 1.33. The Balaban J connectivity index is 2.58. The minimum atomic E-state index is -0.979. The summed E-state index contributed by atoms with van der Waals surface area (Å²) in [5, 5.41) is 8.50. The third kappa shape index (κ3) is 2.27. The maximum Gasteiger partial charge on any atom is 0.344 e. The molecule has 0 heterocycles. The van der Waals surface area contributed by atoms with E-state index in [0.717, 1.165) is 0 Å². The van der Waals surface area contributed by atoms with Crippen LogP contribution < -0.4 is 4.74 Å². The van der Waals surface area contributed by atoms with E-state index in [1.54, 1.807) is 24.3 Å². The maximum absolute atomic E-state index is 10.4. The number of aliphatic carboxylic acids is 1. The molecule has 1 atom stereocenters. The molecule has 0 aliphatic carbocycles. The molecule has 3 nitrogen and oxygen atoms in total. The summed E-state index contributed by atoms with van der Waals surface area (Å²) in [4.78, 5) is 10.4. The van der Waals surface area contributed by atoms with Crippen LogP contribution in [-0.4, -0.2) is 17.2 Å². The van der Waals surface area contributed by atoms with Gasteiger partial charge in [-0.15, -0.1) is 0 Å². The molecule has 0 saturated heterocycles. The van der Waals surface area contributed by atoms with E-state index in [4.69, 9.17) is 9.84 Å². The van der Waals surface area contributed by atoms with Gasteiger partial charge < -0.3 is 9.84 Å². The predicted molar refractivity (Wildman–Crippen MR) is 43.0 cm³/mol. The van der Waals surface area contributed by atoms with Crippen molar-refractivity contribution in [1.29, 1.82) is 0 Å². The normalized spacial score (nSPS) is 12.1. The van der Waals surface area contributed by atoms with Crippen molar-refractivity contribution in [3.63, 3.8) is 0 Å². The molecule has 0 spiro atoms. The first-order valence-corrected chi connectivity index (χ1v) is 3.56. The second-order valence-corrected chi connectivity index (χ2v) is 2.33. The van der Waals surface area contributed by atoms with Crippen LogP contribution in [0.3, 0.4) is 0 Å². The van der Waals surface area contributed by atoms with E-state index < -0.39 is 12.1 Å². The van der Waals surface area contributed by atoms with Gasteiger partial charge in [-0.2, -0.15) is 0 Å². The maximum atomic E-state index is 10.4. The number of hydrogen-bond acceptors (Lipinski definition) is 2. The molecular formula is C9H9O3. The van der Waals surface area contributed by atoms with Crippen molar-refractivity contribution in [2.24, 2.45) is 0 Å². The van der Waals surface area contributed by atoms with E-state index in [1.807, 2.05) is 0 Å². The van der Waals surface area contributed by atoms with Gasteiger partial charge >= 0.3 is 5.97 Å². The number of para-hydroxylation sites is 1. The summed E-state index contributed by atoms with van der Waals surface area (Å²) < 4.78 is 5.02. The standard InChI is InChI=1S/C9H9O3/c1-7(9(10)11)12-8-5-3-2-4-6-8/h2-5,7H,1H3,(H,10,11). The average Bonchev–Trinajstić information content (AvgIpc) is 2.06. The number of carbonyl (C=O) groups is 1. The van der Waals surface area contributed by atoms with Crippen molar-refractivity contribution in [2.75, 3.05) is 0 Å². The largest absolute Gasteiger partial charge is 0.479 e. The Morgan fingerprint density at radius 2 is 2.42 bits per heavy atom. The Hall–Kier alpha value is -1.51. The van der Waals surface area contributed by atoms with Gasteiger partial charge in [0.15, 0.2) is 6.10 Å². The van der Waals surface area contributed by atoms with Gasteiger partial charge in [-0.3, -0.25) is 0 Å². The molecule has 0 aliphatic rings. The molecule has 0 saturated carbocycles. The molecule has 1 N–H and O–H groups in total. The van der Waals surface area contributed by atoms with E-state index in [9.17, 15) is 4.79 Å². The van der Waals surface area contributed by atoms with Crippen LogP contribution in [0.1, 0.15) is 6.92 Å². The van der Waals surface area contributed by atoms with Crippen LogP contribution in [0.5, 0.6) is 5.75 Å². The minimum Gasteiger partial charge on any atom is -0.479 e.